The van der Waals surface area contributed by atoms with Gasteiger partial charge in [-0.1, -0.05) is 20.3 Å². The highest BCUT2D eigenvalue weighted by Crippen LogP contribution is 2.35. The van der Waals surface area contributed by atoms with Crippen LogP contribution < -0.4 is 5.73 Å². The molecule has 2 rings (SSSR count). The molecule has 3 unspecified atom stereocenters. The van der Waals surface area contributed by atoms with Gasteiger partial charge < -0.3 is 15.2 Å². The lowest BCUT2D eigenvalue weighted by Gasteiger charge is -2.42. The first-order valence-corrected chi connectivity index (χ1v) is 7.08. The lowest BCUT2D eigenvalue weighted by molar-refractivity contribution is -0.0880. The lowest BCUT2D eigenvalue weighted by Crippen LogP contribution is -2.51. The van der Waals surface area contributed by atoms with E-state index in [9.17, 15) is 0 Å². The summed E-state index contributed by atoms with van der Waals surface area (Å²) in [5, 5.41) is 0. The molecule has 3 nitrogen and oxygen atoms in total. The molecular formula is C14H27NO2. The van der Waals surface area contributed by atoms with Crippen molar-refractivity contribution in [1.29, 1.82) is 0 Å². The van der Waals surface area contributed by atoms with Gasteiger partial charge in [0.2, 0.25) is 0 Å². The van der Waals surface area contributed by atoms with E-state index in [0.717, 1.165) is 26.1 Å². The molecular weight excluding hydrogens is 214 g/mol. The van der Waals surface area contributed by atoms with Gasteiger partial charge in [0.05, 0.1) is 18.8 Å². The fourth-order valence-corrected chi connectivity index (χ4v) is 2.97. The predicted molar refractivity (Wildman–Crippen MR) is 68.9 cm³/mol. The third-order valence-corrected chi connectivity index (χ3v) is 4.38. The molecule has 1 saturated carbocycles. The molecule has 17 heavy (non-hydrogen) atoms. The van der Waals surface area contributed by atoms with E-state index < -0.39 is 0 Å². The lowest BCUT2D eigenvalue weighted by atomic mass is 9.72. The first-order valence-electron chi connectivity index (χ1n) is 7.08. The molecule has 0 amide bonds. The quantitative estimate of drug-likeness (QED) is 0.825. The van der Waals surface area contributed by atoms with Crippen LogP contribution in [-0.2, 0) is 9.47 Å². The second kappa shape index (κ2) is 5.68. The molecule has 1 aliphatic heterocycles. The SMILES string of the molecule is CC1(C)CCCC(OCC2CCCCO2)C1N. The van der Waals surface area contributed by atoms with E-state index >= 15 is 0 Å². The van der Waals surface area contributed by atoms with Crippen molar-refractivity contribution >= 4 is 0 Å². The topological polar surface area (TPSA) is 44.5 Å². The van der Waals surface area contributed by atoms with Crippen LogP contribution in [0.2, 0.25) is 0 Å². The number of rotatable bonds is 3. The summed E-state index contributed by atoms with van der Waals surface area (Å²) < 4.78 is 11.7. The highest BCUT2D eigenvalue weighted by atomic mass is 16.5. The molecule has 1 aliphatic carbocycles. The second-order valence-electron chi connectivity index (χ2n) is 6.27. The Bertz CT molecular complexity index is 236. The van der Waals surface area contributed by atoms with Gasteiger partial charge in [-0.15, -0.1) is 0 Å². The third kappa shape index (κ3) is 3.43. The zero-order valence-electron chi connectivity index (χ0n) is 11.3. The van der Waals surface area contributed by atoms with Crippen LogP contribution in [0, 0.1) is 5.41 Å². The van der Waals surface area contributed by atoms with Crippen molar-refractivity contribution in [2.24, 2.45) is 11.1 Å². The van der Waals surface area contributed by atoms with Gasteiger partial charge in [-0.3, -0.25) is 0 Å². The predicted octanol–water partition coefficient (Wildman–Crippen LogP) is 2.48. The van der Waals surface area contributed by atoms with E-state index in [0.29, 0.717) is 6.10 Å². The van der Waals surface area contributed by atoms with Crippen LogP contribution >= 0.6 is 0 Å². The van der Waals surface area contributed by atoms with Crippen molar-refractivity contribution in [3.8, 4) is 0 Å². The van der Waals surface area contributed by atoms with E-state index in [2.05, 4.69) is 13.8 Å². The van der Waals surface area contributed by atoms with Gasteiger partial charge in [0.15, 0.2) is 0 Å². The molecule has 0 bridgehead atoms. The van der Waals surface area contributed by atoms with Crippen LogP contribution in [0.1, 0.15) is 52.4 Å². The van der Waals surface area contributed by atoms with Crippen LogP contribution in [0.3, 0.4) is 0 Å². The zero-order chi connectivity index (χ0) is 12.3. The van der Waals surface area contributed by atoms with Crippen LogP contribution in [-0.4, -0.2) is 31.5 Å². The van der Waals surface area contributed by atoms with Crippen molar-refractivity contribution in [3.63, 3.8) is 0 Å². The molecule has 3 atom stereocenters. The molecule has 0 aromatic rings. The Morgan fingerprint density at radius 1 is 1.24 bits per heavy atom. The molecule has 0 aromatic heterocycles. The monoisotopic (exact) mass is 241 g/mol. The van der Waals surface area contributed by atoms with Gasteiger partial charge in [0.25, 0.3) is 0 Å². The summed E-state index contributed by atoms with van der Waals surface area (Å²) >= 11 is 0. The van der Waals surface area contributed by atoms with Gasteiger partial charge in [-0.05, 0) is 37.5 Å². The molecule has 2 N–H and O–H groups in total. The van der Waals surface area contributed by atoms with Gasteiger partial charge in [-0.25, -0.2) is 0 Å². The minimum atomic E-state index is 0.167. The van der Waals surface area contributed by atoms with Crippen LogP contribution in [0.4, 0.5) is 0 Å². The Hall–Kier alpha value is -0.120. The maximum atomic E-state index is 6.31. The van der Waals surface area contributed by atoms with E-state index in [1.807, 2.05) is 0 Å². The van der Waals surface area contributed by atoms with Crippen molar-refractivity contribution in [2.75, 3.05) is 13.2 Å². The van der Waals surface area contributed by atoms with Crippen molar-refractivity contribution in [3.05, 3.63) is 0 Å². The maximum Gasteiger partial charge on any atom is 0.0808 e. The van der Waals surface area contributed by atoms with Gasteiger partial charge in [-0.2, -0.15) is 0 Å². The maximum absolute atomic E-state index is 6.31. The van der Waals surface area contributed by atoms with Crippen molar-refractivity contribution < 1.29 is 9.47 Å². The fraction of sp³-hybridized carbons (Fsp3) is 1.00. The Balaban J connectivity index is 1.77. The normalized spacial score (nSPS) is 37.9. The Morgan fingerprint density at radius 3 is 2.76 bits per heavy atom. The summed E-state index contributed by atoms with van der Waals surface area (Å²) in [6.07, 6.45) is 7.71. The highest BCUT2D eigenvalue weighted by molar-refractivity contribution is 4.92. The first-order chi connectivity index (χ1) is 8.09. The minimum absolute atomic E-state index is 0.167. The first kappa shape index (κ1) is 13.3. The van der Waals surface area contributed by atoms with E-state index in [1.54, 1.807) is 0 Å². The summed E-state index contributed by atoms with van der Waals surface area (Å²) in [7, 11) is 0. The number of hydrogen-bond donors (Lipinski definition) is 1. The zero-order valence-corrected chi connectivity index (χ0v) is 11.3. The molecule has 1 heterocycles. The molecule has 0 spiro atoms. The molecule has 3 heteroatoms. The minimum Gasteiger partial charge on any atom is -0.376 e. The van der Waals surface area contributed by atoms with Gasteiger partial charge in [0.1, 0.15) is 0 Å². The van der Waals surface area contributed by atoms with Crippen LogP contribution in [0.15, 0.2) is 0 Å². The molecule has 2 fully saturated rings. The standard InChI is InChI=1S/C14H27NO2/c1-14(2)8-5-7-12(13(14)15)17-10-11-6-3-4-9-16-11/h11-13H,3-10,15H2,1-2H3. The fourth-order valence-electron chi connectivity index (χ4n) is 2.97. The van der Waals surface area contributed by atoms with E-state index in [1.165, 1.54) is 25.7 Å². The van der Waals surface area contributed by atoms with E-state index in [4.69, 9.17) is 15.2 Å². The summed E-state index contributed by atoms with van der Waals surface area (Å²) in [6.45, 7) is 6.14. The van der Waals surface area contributed by atoms with Gasteiger partial charge >= 0.3 is 0 Å². The molecule has 100 valence electrons. The van der Waals surface area contributed by atoms with Crippen LogP contribution in [0.5, 0.6) is 0 Å². The summed E-state index contributed by atoms with van der Waals surface area (Å²) in [4.78, 5) is 0. The average Bonchev–Trinajstić information content (AvgIpc) is 2.32. The smallest absolute Gasteiger partial charge is 0.0808 e. The molecule has 0 aromatic carbocycles. The average molecular weight is 241 g/mol. The van der Waals surface area contributed by atoms with Crippen molar-refractivity contribution in [2.45, 2.75) is 70.6 Å². The van der Waals surface area contributed by atoms with Crippen LogP contribution in [0.25, 0.3) is 0 Å². The summed E-state index contributed by atoms with van der Waals surface area (Å²) in [6, 6.07) is 0.167. The largest absolute Gasteiger partial charge is 0.376 e. The van der Waals surface area contributed by atoms with Crippen molar-refractivity contribution in [1.82, 2.24) is 0 Å². The van der Waals surface area contributed by atoms with Gasteiger partial charge in [0, 0.05) is 12.6 Å². The Morgan fingerprint density at radius 2 is 2.06 bits per heavy atom. The third-order valence-electron chi connectivity index (χ3n) is 4.38. The second-order valence-corrected chi connectivity index (χ2v) is 6.27. The Kier molecular flexibility index (Phi) is 4.45. The Labute approximate surface area is 105 Å². The van der Waals surface area contributed by atoms with E-state index in [-0.39, 0.29) is 17.6 Å². The summed E-state index contributed by atoms with van der Waals surface area (Å²) in [5.41, 5.74) is 6.53. The highest BCUT2D eigenvalue weighted by Gasteiger charge is 2.37. The number of nitrogens with two attached hydrogens (primary N) is 1. The molecule has 2 aliphatic rings. The number of ether oxygens (including phenoxy) is 2. The number of hydrogen-bond acceptors (Lipinski definition) is 3. The summed E-state index contributed by atoms with van der Waals surface area (Å²) in [5.74, 6) is 0. The molecule has 1 saturated heterocycles. The molecule has 0 radical (unpaired) electrons.